The molecule has 6 nitrogen and oxygen atoms in total. The van der Waals surface area contributed by atoms with E-state index in [1.54, 1.807) is 6.07 Å². The largest absolute Gasteiger partial charge is 0.328 e. The van der Waals surface area contributed by atoms with Gasteiger partial charge in [0, 0.05) is 16.9 Å². The van der Waals surface area contributed by atoms with Crippen LogP contribution in [0.2, 0.25) is 0 Å². The van der Waals surface area contributed by atoms with Crippen LogP contribution in [0.25, 0.3) is 0 Å². The highest BCUT2D eigenvalue weighted by Crippen LogP contribution is 2.09. The molecular weight excluding hydrogens is 304 g/mol. The van der Waals surface area contributed by atoms with Gasteiger partial charge in [-0.05, 0) is 12.5 Å². The molecule has 0 saturated carbocycles. The van der Waals surface area contributed by atoms with Gasteiger partial charge in [-0.25, -0.2) is 13.2 Å². The van der Waals surface area contributed by atoms with Crippen molar-refractivity contribution in [2.45, 2.75) is 18.4 Å². The number of halogens is 1. The van der Waals surface area contributed by atoms with Crippen LogP contribution in [0, 0.1) is 6.92 Å². The van der Waals surface area contributed by atoms with E-state index in [1.165, 1.54) is 0 Å². The smallest absolute Gasteiger partial charge is 0.295 e. The molecule has 1 aromatic carbocycles. The predicted octanol–water partition coefficient (Wildman–Crippen LogP) is 0.821. The molecule has 0 saturated heterocycles. The summed E-state index contributed by atoms with van der Waals surface area (Å²) in [7, 11) is 0.949. The lowest BCUT2D eigenvalue weighted by molar-refractivity contribution is 0.603. The van der Waals surface area contributed by atoms with Crippen LogP contribution in [0.3, 0.4) is 0 Å². The lowest BCUT2D eigenvalue weighted by atomic mass is 10.1. The van der Waals surface area contributed by atoms with Crippen molar-refractivity contribution in [3.8, 4) is 0 Å². The fourth-order valence-corrected chi connectivity index (χ4v) is 2.64. The average Bonchev–Trinajstić information content (AvgIpc) is 2.31. The Bertz CT molecular complexity index is 868. The molecule has 20 heavy (non-hydrogen) atoms. The monoisotopic (exact) mass is 314 g/mol. The molecule has 0 aliphatic heterocycles. The van der Waals surface area contributed by atoms with Gasteiger partial charge in [0.15, 0.2) is 4.90 Å². The summed E-state index contributed by atoms with van der Waals surface area (Å²) in [6, 6.07) is 7.36. The third kappa shape index (κ3) is 3.17. The zero-order valence-corrected chi connectivity index (χ0v) is 12.0. The number of aryl methyl sites for hydroxylation is 1. The summed E-state index contributed by atoms with van der Waals surface area (Å²) in [5.41, 5.74) is 0.0910. The molecule has 0 spiro atoms. The lowest BCUT2D eigenvalue weighted by Gasteiger charge is -2.07. The maximum absolute atomic E-state index is 11.7. The minimum Gasteiger partial charge on any atom is -0.295 e. The number of rotatable bonds is 3. The first kappa shape index (κ1) is 14.5. The summed E-state index contributed by atoms with van der Waals surface area (Å²) in [6.07, 6.45) is 0.950. The molecule has 0 aliphatic rings. The highest BCUT2D eigenvalue weighted by Gasteiger charge is 2.17. The number of H-pyrrole nitrogens is 1. The van der Waals surface area contributed by atoms with Gasteiger partial charge in [-0.3, -0.25) is 14.3 Å². The zero-order chi connectivity index (χ0) is 14.9. The van der Waals surface area contributed by atoms with Gasteiger partial charge in [0.05, 0.1) is 6.54 Å². The van der Waals surface area contributed by atoms with Gasteiger partial charge in [0.25, 0.3) is 14.6 Å². The fourth-order valence-electron chi connectivity index (χ4n) is 1.79. The number of hydrogen-bond donors (Lipinski definition) is 1. The number of aromatic amines is 1. The van der Waals surface area contributed by atoms with Crippen molar-refractivity contribution in [2.75, 3.05) is 0 Å². The zero-order valence-electron chi connectivity index (χ0n) is 10.5. The van der Waals surface area contributed by atoms with E-state index < -0.39 is 25.2 Å². The van der Waals surface area contributed by atoms with E-state index in [9.17, 15) is 18.0 Å². The number of benzene rings is 1. The van der Waals surface area contributed by atoms with E-state index in [1.807, 2.05) is 30.1 Å². The van der Waals surface area contributed by atoms with Crippen molar-refractivity contribution < 1.29 is 8.42 Å². The second kappa shape index (κ2) is 5.26. The Morgan fingerprint density at radius 3 is 2.60 bits per heavy atom. The molecule has 1 heterocycles. The maximum Gasteiger partial charge on any atom is 0.328 e. The Hall–Kier alpha value is -1.86. The van der Waals surface area contributed by atoms with Gasteiger partial charge in [0.2, 0.25) is 0 Å². The van der Waals surface area contributed by atoms with Crippen LogP contribution in [0.5, 0.6) is 0 Å². The maximum atomic E-state index is 11.7. The van der Waals surface area contributed by atoms with Gasteiger partial charge in [-0.1, -0.05) is 29.8 Å². The van der Waals surface area contributed by atoms with E-state index in [4.69, 9.17) is 10.7 Å². The number of hydrogen-bond acceptors (Lipinski definition) is 4. The van der Waals surface area contributed by atoms with E-state index in [-0.39, 0.29) is 6.54 Å². The minimum absolute atomic E-state index is 0.136. The summed E-state index contributed by atoms with van der Waals surface area (Å²) in [5.74, 6) is 0. The Balaban J connectivity index is 2.53. The van der Waals surface area contributed by atoms with Gasteiger partial charge in [0.1, 0.15) is 0 Å². The van der Waals surface area contributed by atoms with Gasteiger partial charge >= 0.3 is 5.69 Å². The van der Waals surface area contributed by atoms with E-state index in [0.717, 1.165) is 21.9 Å². The molecular formula is C12H11ClN2O4S. The Kier molecular flexibility index (Phi) is 3.82. The molecule has 0 radical (unpaired) electrons. The number of nitrogens with zero attached hydrogens (tertiary/aromatic N) is 1. The van der Waals surface area contributed by atoms with Gasteiger partial charge < -0.3 is 0 Å². The summed E-state index contributed by atoms with van der Waals surface area (Å²) < 4.78 is 23.6. The first-order valence-corrected chi connectivity index (χ1v) is 7.92. The molecule has 2 rings (SSSR count). The van der Waals surface area contributed by atoms with Crippen molar-refractivity contribution in [1.82, 2.24) is 9.55 Å². The van der Waals surface area contributed by atoms with Crippen molar-refractivity contribution in [2.24, 2.45) is 0 Å². The second-order valence-corrected chi connectivity index (χ2v) is 6.84. The first-order chi connectivity index (χ1) is 9.27. The van der Waals surface area contributed by atoms with Crippen molar-refractivity contribution in [3.05, 3.63) is 62.4 Å². The molecule has 1 N–H and O–H groups in total. The molecule has 0 atom stereocenters. The quantitative estimate of drug-likeness (QED) is 0.849. The van der Waals surface area contributed by atoms with Crippen LogP contribution in [-0.4, -0.2) is 18.0 Å². The molecule has 0 aliphatic carbocycles. The average molecular weight is 315 g/mol. The summed E-state index contributed by atoms with van der Waals surface area (Å²) in [4.78, 5) is 24.4. The predicted molar refractivity (Wildman–Crippen MR) is 74.6 cm³/mol. The Labute approximate surface area is 119 Å². The highest BCUT2D eigenvalue weighted by atomic mass is 35.7. The van der Waals surface area contributed by atoms with Crippen molar-refractivity contribution in [1.29, 1.82) is 0 Å². The van der Waals surface area contributed by atoms with Gasteiger partial charge in [-0.15, -0.1) is 0 Å². The van der Waals surface area contributed by atoms with Crippen LogP contribution < -0.4 is 11.2 Å². The molecule has 106 valence electrons. The SMILES string of the molecule is Cc1cccc(Cn2cc(S(=O)(=O)Cl)c(=O)[nH]c2=O)c1. The summed E-state index contributed by atoms with van der Waals surface area (Å²) in [5, 5.41) is 0. The third-order valence-electron chi connectivity index (χ3n) is 2.68. The summed E-state index contributed by atoms with van der Waals surface area (Å²) >= 11 is 0. The normalized spacial score (nSPS) is 11.5. The van der Waals surface area contributed by atoms with E-state index in [2.05, 4.69) is 0 Å². The Morgan fingerprint density at radius 1 is 1.30 bits per heavy atom. The minimum atomic E-state index is -4.20. The van der Waals surface area contributed by atoms with Crippen LogP contribution in [0.1, 0.15) is 11.1 Å². The standard InChI is InChI=1S/C12H11ClN2O4S/c1-8-3-2-4-9(5-8)6-15-7-10(20(13,18)19)11(16)14-12(15)17/h2-5,7H,6H2,1H3,(H,14,16,17). The van der Waals surface area contributed by atoms with Crippen LogP contribution in [-0.2, 0) is 15.6 Å². The molecule has 0 bridgehead atoms. The molecule has 1 aromatic heterocycles. The number of aromatic nitrogens is 2. The molecule has 0 unspecified atom stereocenters. The van der Waals surface area contributed by atoms with Crippen LogP contribution >= 0.6 is 10.7 Å². The number of nitrogens with one attached hydrogen (secondary N) is 1. The van der Waals surface area contributed by atoms with E-state index in [0.29, 0.717) is 0 Å². The molecule has 8 heteroatoms. The van der Waals surface area contributed by atoms with Crippen molar-refractivity contribution >= 4 is 19.7 Å². The second-order valence-electron chi connectivity index (χ2n) is 4.31. The fraction of sp³-hybridized carbons (Fsp3) is 0.167. The van der Waals surface area contributed by atoms with Crippen molar-refractivity contribution in [3.63, 3.8) is 0 Å². The highest BCUT2D eigenvalue weighted by molar-refractivity contribution is 8.13. The third-order valence-corrected chi connectivity index (χ3v) is 3.99. The molecule has 2 aromatic rings. The van der Waals surface area contributed by atoms with E-state index >= 15 is 0 Å². The molecule has 0 fully saturated rings. The van der Waals surface area contributed by atoms with Crippen LogP contribution in [0.4, 0.5) is 0 Å². The first-order valence-electron chi connectivity index (χ1n) is 5.61. The Morgan fingerprint density at radius 2 is 2.00 bits per heavy atom. The summed E-state index contributed by atoms with van der Waals surface area (Å²) in [6.45, 7) is 2.03. The van der Waals surface area contributed by atoms with Gasteiger partial charge in [-0.2, -0.15) is 0 Å². The van der Waals surface area contributed by atoms with Crippen LogP contribution in [0.15, 0.2) is 44.9 Å². The molecule has 0 amide bonds. The topological polar surface area (TPSA) is 89.0 Å². The lowest BCUT2D eigenvalue weighted by Crippen LogP contribution is -2.32.